The number of carbonyl (C=O) groups is 1. The van der Waals surface area contributed by atoms with Gasteiger partial charge in [0, 0.05) is 0 Å². The van der Waals surface area contributed by atoms with E-state index in [0.717, 1.165) is 18.4 Å². The van der Waals surface area contributed by atoms with Crippen molar-refractivity contribution in [2.45, 2.75) is 38.5 Å². The highest BCUT2D eigenvalue weighted by Gasteiger charge is 2.30. The second-order valence-electron chi connectivity index (χ2n) is 4.77. The molecule has 0 atom stereocenters. The summed E-state index contributed by atoms with van der Waals surface area (Å²) in [5.41, 5.74) is 2.86. The van der Waals surface area contributed by atoms with Crippen LogP contribution in [0.2, 0.25) is 0 Å². The van der Waals surface area contributed by atoms with E-state index in [-0.39, 0.29) is 0 Å². The summed E-state index contributed by atoms with van der Waals surface area (Å²) in [4.78, 5) is 11.1. The smallest absolute Gasteiger partial charge is 0.313 e. The molecule has 0 aliphatic heterocycles. The maximum absolute atomic E-state index is 11.1. The monoisotopic (exact) mass is 204 g/mol. The number of hydrogen-bond donors (Lipinski definition) is 1. The standard InChI is InChI=1S/C13H16O2/c1-13(2,12(14)15)11-7-6-9-4-3-5-10(9)8-11/h6-8H,3-5H2,1-2H3,(H,14,15). The molecule has 0 aromatic heterocycles. The lowest BCUT2D eigenvalue weighted by Crippen LogP contribution is -2.28. The van der Waals surface area contributed by atoms with Crippen molar-refractivity contribution < 1.29 is 9.90 Å². The first-order chi connectivity index (χ1) is 7.01. The Bertz CT molecular complexity index is 405. The molecule has 0 spiro atoms. The third-order valence-corrected chi connectivity index (χ3v) is 3.35. The third kappa shape index (κ3) is 1.65. The Kier molecular flexibility index (Phi) is 2.29. The van der Waals surface area contributed by atoms with Crippen molar-refractivity contribution in [3.63, 3.8) is 0 Å². The second kappa shape index (κ2) is 3.37. The number of carboxylic acids is 1. The summed E-state index contributed by atoms with van der Waals surface area (Å²) in [5.74, 6) is -0.763. The first-order valence-corrected chi connectivity index (χ1v) is 5.37. The molecule has 0 radical (unpaired) electrons. The van der Waals surface area contributed by atoms with Gasteiger partial charge in [-0.3, -0.25) is 4.79 Å². The molecule has 2 rings (SSSR count). The predicted molar refractivity (Wildman–Crippen MR) is 59.1 cm³/mol. The molecule has 2 nitrogen and oxygen atoms in total. The van der Waals surface area contributed by atoms with Crippen LogP contribution in [0.25, 0.3) is 0 Å². The highest BCUT2D eigenvalue weighted by Crippen LogP contribution is 2.29. The molecule has 1 aromatic rings. The molecule has 0 unspecified atom stereocenters. The summed E-state index contributed by atoms with van der Waals surface area (Å²) in [6.45, 7) is 3.51. The fraction of sp³-hybridized carbons (Fsp3) is 0.462. The third-order valence-electron chi connectivity index (χ3n) is 3.35. The normalized spacial score (nSPS) is 15.1. The van der Waals surface area contributed by atoms with Gasteiger partial charge in [-0.1, -0.05) is 18.2 Å². The van der Waals surface area contributed by atoms with Gasteiger partial charge in [0.1, 0.15) is 0 Å². The van der Waals surface area contributed by atoms with Crippen molar-refractivity contribution in [2.75, 3.05) is 0 Å². The summed E-state index contributed by atoms with van der Waals surface area (Å²) < 4.78 is 0. The fourth-order valence-corrected chi connectivity index (χ4v) is 2.08. The Morgan fingerprint density at radius 2 is 1.93 bits per heavy atom. The van der Waals surface area contributed by atoms with Crippen LogP contribution in [-0.2, 0) is 23.1 Å². The highest BCUT2D eigenvalue weighted by atomic mass is 16.4. The quantitative estimate of drug-likeness (QED) is 0.803. The zero-order chi connectivity index (χ0) is 11.1. The second-order valence-corrected chi connectivity index (χ2v) is 4.77. The van der Waals surface area contributed by atoms with Crippen LogP contribution in [-0.4, -0.2) is 11.1 Å². The first-order valence-electron chi connectivity index (χ1n) is 5.37. The van der Waals surface area contributed by atoms with Crippen LogP contribution in [0.1, 0.15) is 37.0 Å². The van der Waals surface area contributed by atoms with Crippen molar-refractivity contribution in [2.24, 2.45) is 0 Å². The van der Waals surface area contributed by atoms with E-state index in [9.17, 15) is 4.79 Å². The van der Waals surface area contributed by atoms with Crippen LogP contribution in [0.5, 0.6) is 0 Å². The maximum atomic E-state index is 11.1. The van der Waals surface area contributed by atoms with E-state index in [2.05, 4.69) is 12.1 Å². The Hall–Kier alpha value is -1.31. The van der Waals surface area contributed by atoms with E-state index in [1.54, 1.807) is 13.8 Å². The van der Waals surface area contributed by atoms with Crippen molar-refractivity contribution in [1.82, 2.24) is 0 Å². The van der Waals surface area contributed by atoms with Gasteiger partial charge < -0.3 is 5.11 Å². The molecular weight excluding hydrogens is 188 g/mol. The summed E-state index contributed by atoms with van der Waals surface area (Å²) in [7, 11) is 0. The van der Waals surface area contributed by atoms with Gasteiger partial charge in [0.05, 0.1) is 5.41 Å². The van der Waals surface area contributed by atoms with Crippen molar-refractivity contribution in [1.29, 1.82) is 0 Å². The molecule has 0 amide bonds. The molecule has 0 bridgehead atoms. The number of benzene rings is 1. The molecule has 0 heterocycles. The van der Waals surface area contributed by atoms with Gasteiger partial charge in [-0.15, -0.1) is 0 Å². The lowest BCUT2D eigenvalue weighted by Gasteiger charge is -2.20. The van der Waals surface area contributed by atoms with Gasteiger partial charge in [0.2, 0.25) is 0 Å². The number of fused-ring (bicyclic) bond motifs is 1. The van der Waals surface area contributed by atoms with Gasteiger partial charge in [-0.05, 0) is 49.8 Å². The minimum Gasteiger partial charge on any atom is -0.481 e. The number of rotatable bonds is 2. The molecule has 80 valence electrons. The molecule has 1 aliphatic carbocycles. The summed E-state index contributed by atoms with van der Waals surface area (Å²) in [5, 5.41) is 9.14. The minimum absolute atomic E-state index is 0.763. The van der Waals surface area contributed by atoms with E-state index >= 15 is 0 Å². The summed E-state index contributed by atoms with van der Waals surface area (Å²) >= 11 is 0. The van der Waals surface area contributed by atoms with Crippen LogP contribution in [0.3, 0.4) is 0 Å². The van der Waals surface area contributed by atoms with Crippen LogP contribution in [0.4, 0.5) is 0 Å². The molecule has 1 aromatic carbocycles. The lowest BCUT2D eigenvalue weighted by atomic mass is 9.83. The average molecular weight is 204 g/mol. The van der Waals surface area contributed by atoms with Crippen molar-refractivity contribution in [3.05, 3.63) is 34.9 Å². The van der Waals surface area contributed by atoms with Gasteiger partial charge in [0.15, 0.2) is 0 Å². The molecule has 0 saturated heterocycles. The predicted octanol–water partition coefficient (Wildman–Crippen LogP) is 2.54. The SMILES string of the molecule is CC(C)(C(=O)O)c1ccc2c(c1)CCC2. The van der Waals surface area contributed by atoms with Crippen LogP contribution >= 0.6 is 0 Å². The van der Waals surface area contributed by atoms with Gasteiger partial charge in [0.25, 0.3) is 0 Å². The topological polar surface area (TPSA) is 37.3 Å². The van der Waals surface area contributed by atoms with Gasteiger partial charge in [-0.25, -0.2) is 0 Å². The van der Waals surface area contributed by atoms with Gasteiger partial charge in [-0.2, -0.15) is 0 Å². The minimum atomic E-state index is -0.780. The van der Waals surface area contributed by atoms with E-state index in [0.29, 0.717) is 0 Å². The highest BCUT2D eigenvalue weighted by molar-refractivity contribution is 5.80. The Labute approximate surface area is 89.9 Å². The molecule has 0 saturated carbocycles. The van der Waals surface area contributed by atoms with Crippen molar-refractivity contribution in [3.8, 4) is 0 Å². The Morgan fingerprint density at radius 3 is 2.60 bits per heavy atom. The fourth-order valence-electron chi connectivity index (χ4n) is 2.08. The largest absolute Gasteiger partial charge is 0.481 e. The molecule has 0 fully saturated rings. The number of aliphatic carboxylic acids is 1. The van der Waals surface area contributed by atoms with E-state index in [1.165, 1.54) is 17.5 Å². The lowest BCUT2D eigenvalue weighted by molar-refractivity contribution is -0.142. The van der Waals surface area contributed by atoms with E-state index < -0.39 is 11.4 Å². The van der Waals surface area contributed by atoms with Crippen LogP contribution in [0.15, 0.2) is 18.2 Å². The summed E-state index contributed by atoms with van der Waals surface area (Å²) in [6, 6.07) is 6.11. The maximum Gasteiger partial charge on any atom is 0.313 e. The molecule has 1 N–H and O–H groups in total. The van der Waals surface area contributed by atoms with Crippen molar-refractivity contribution >= 4 is 5.97 Å². The molecular formula is C13H16O2. The van der Waals surface area contributed by atoms with Crippen LogP contribution < -0.4 is 0 Å². The molecule has 15 heavy (non-hydrogen) atoms. The Morgan fingerprint density at radius 1 is 1.27 bits per heavy atom. The number of carboxylic acid groups (broad SMARTS) is 1. The zero-order valence-electron chi connectivity index (χ0n) is 9.21. The van der Waals surface area contributed by atoms with E-state index in [1.807, 2.05) is 6.07 Å². The molecule has 1 aliphatic rings. The number of aryl methyl sites for hydroxylation is 2. The average Bonchev–Trinajstić information content (AvgIpc) is 2.63. The number of hydrogen-bond acceptors (Lipinski definition) is 1. The molecule has 2 heteroatoms. The van der Waals surface area contributed by atoms with Crippen LogP contribution in [0, 0.1) is 0 Å². The van der Waals surface area contributed by atoms with Gasteiger partial charge >= 0.3 is 5.97 Å². The van der Waals surface area contributed by atoms with E-state index in [4.69, 9.17) is 5.11 Å². The summed E-state index contributed by atoms with van der Waals surface area (Å²) in [6.07, 6.45) is 3.44. The Balaban J connectivity index is 2.42. The zero-order valence-corrected chi connectivity index (χ0v) is 9.21. The first kappa shape index (κ1) is 10.2.